The van der Waals surface area contributed by atoms with Gasteiger partial charge < -0.3 is 9.47 Å². The molecule has 2 unspecified atom stereocenters. The summed E-state index contributed by atoms with van der Waals surface area (Å²) < 4.78 is 10.5. The summed E-state index contributed by atoms with van der Waals surface area (Å²) in [5, 5.41) is 0. The molecule has 1 fully saturated rings. The van der Waals surface area contributed by atoms with Gasteiger partial charge in [0.25, 0.3) is 0 Å². The Morgan fingerprint density at radius 2 is 2.42 bits per heavy atom. The molecule has 0 aromatic carbocycles. The summed E-state index contributed by atoms with van der Waals surface area (Å²) in [5.74, 6) is 0. The zero-order chi connectivity index (χ0) is 9.03. The molecule has 1 heterocycles. The van der Waals surface area contributed by atoms with E-state index >= 15 is 0 Å². The Bertz CT molecular complexity index is 161. The highest BCUT2D eigenvalue weighted by Crippen LogP contribution is 2.39. The lowest BCUT2D eigenvalue weighted by Gasteiger charge is -2.46. The number of ether oxygens (including phenoxy) is 2. The molecular weight excluding hydrogens is 152 g/mol. The van der Waals surface area contributed by atoms with E-state index in [1.54, 1.807) is 7.11 Å². The summed E-state index contributed by atoms with van der Waals surface area (Å²) in [7, 11) is 1.72. The number of rotatable bonds is 4. The van der Waals surface area contributed by atoms with Crippen molar-refractivity contribution in [3.05, 3.63) is 12.2 Å². The fraction of sp³-hybridized carbons (Fsp3) is 0.800. The first kappa shape index (κ1) is 9.75. The fourth-order valence-corrected chi connectivity index (χ4v) is 1.72. The van der Waals surface area contributed by atoms with Crippen LogP contribution < -0.4 is 0 Å². The van der Waals surface area contributed by atoms with Crippen LogP contribution in [0.5, 0.6) is 0 Å². The predicted molar refractivity (Wildman–Crippen MR) is 49.2 cm³/mol. The Balaban J connectivity index is 2.55. The van der Waals surface area contributed by atoms with Crippen LogP contribution in [0.2, 0.25) is 0 Å². The minimum absolute atomic E-state index is 0.255. The van der Waals surface area contributed by atoms with Gasteiger partial charge in [0, 0.05) is 12.5 Å². The molecule has 0 aromatic heterocycles. The molecule has 0 spiro atoms. The van der Waals surface area contributed by atoms with Crippen molar-refractivity contribution in [1.82, 2.24) is 0 Å². The fourth-order valence-electron chi connectivity index (χ4n) is 1.72. The molecule has 1 aliphatic rings. The second-order valence-electron chi connectivity index (χ2n) is 3.34. The molecule has 2 heteroatoms. The lowest BCUT2D eigenvalue weighted by atomic mass is 9.76. The molecule has 0 N–H and O–H groups in total. The molecular formula is C10H18O2. The lowest BCUT2D eigenvalue weighted by Crippen LogP contribution is -2.52. The van der Waals surface area contributed by atoms with Crippen molar-refractivity contribution < 1.29 is 9.47 Å². The van der Waals surface area contributed by atoms with Gasteiger partial charge in [-0.1, -0.05) is 19.1 Å². The minimum Gasteiger partial charge on any atom is -0.382 e. The first-order valence-corrected chi connectivity index (χ1v) is 4.53. The average Bonchev–Trinajstić information content (AvgIpc) is 2.08. The van der Waals surface area contributed by atoms with Crippen LogP contribution in [0, 0.1) is 5.41 Å². The van der Waals surface area contributed by atoms with Crippen molar-refractivity contribution in [2.75, 3.05) is 20.3 Å². The molecule has 12 heavy (non-hydrogen) atoms. The second-order valence-corrected chi connectivity index (χ2v) is 3.34. The molecule has 0 aliphatic carbocycles. The molecule has 0 saturated carbocycles. The van der Waals surface area contributed by atoms with Crippen LogP contribution in [0.25, 0.3) is 0 Å². The van der Waals surface area contributed by atoms with E-state index in [-0.39, 0.29) is 11.5 Å². The van der Waals surface area contributed by atoms with Crippen molar-refractivity contribution in [1.29, 1.82) is 0 Å². The van der Waals surface area contributed by atoms with Gasteiger partial charge in [-0.15, -0.1) is 0 Å². The average molecular weight is 170 g/mol. The monoisotopic (exact) mass is 170 g/mol. The number of hydrogen-bond donors (Lipinski definition) is 0. The molecule has 0 amide bonds. The number of hydrogen-bond acceptors (Lipinski definition) is 2. The molecule has 70 valence electrons. The number of allylic oxidation sites excluding steroid dienone is 1. The molecule has 0 bridgehead atoms. The highest BCUT2D eigenvalue weighted by Gasteiger charge is 2.44. The highest BCUT2D eigenvalue weighted by atomic mass is 16.5. The Morgan fingerprint density at radius 1 is 1.67 bits per heavy atom. The van der Waals surface area contributed by atoms with Gasteiger partial charge in [0.2, 0.25) is 0 Å². The molecule has 0 radical (unpaired) electrons. The van der Waals surface area contributed by atoms with Gasteiger partial charge in [0.05, 0.1) is 19.3 Å². The SMILES string of the molecule is CC=CC1(CC)COC1COC. The normalized spacial score (nSPS) is 35.4. The number of methoxy groups -OCH3 is 1. The summed E-state index contributed by atoms with van der Waals surface area (Å²) in [6.07, 6.45) is 5.75. The highest BCUT2D eigenvalue weighted by molar-refractivity contribution is 5.07. The zero-order valence-electron chi connectivity index (χ0n) is 8.17. The van der Waals surface area contributed by atoms with Crippen LogP contribution in [0.3, 0.4) is 0 Å². The van der Waals surface area contributed by atoms with E-state index in [2.05, 4.69) is 26.0 Å². The predicted octanol–water partition coefficient (Wildman–Crippen LogP) is 2.00. The standard InChI is InChI=1S/C10H18O2/c1-4-6-10(5-2)8-12-9(10)7-11-3/h4,6,9H,5,7-8H2,1-3H3. The topological polar surface area (TPSA) is 18.5 Å². The van der Waals surface area contributed by atoms with Crippen molar-refractivity contribution in [2.24, 2.45) is 5.41 Å². The largest absolute Gasteiger partial charge is 0.382 e. The smallest absolute Gasteiger partial charge is 0.0921 e. The van der Waals surface area contributed by atoms with Gasteiger partial charge in [-0.05, 0) is 13.3 Å². The van der Waals surface area contributed by atoms with E-state index in [9.17, 15) is 0 Å². The summed E-state index contributed by atoms with van der Waals surface area (Å²) in [6, 6.07) is 0. The first-order valence-electron chi connectivity index (χ1n) is 4.53. The second kappa shape index (κ2) is 4.06. The van der Waals surface area contributed by atoms with Crippen LogP contribution in [0.1, 0.15) is 20.3 Å². The van der Waals surface area contributed by atoms with E-state index in [1.165, 1.54) is 0 Å². The molecule has 2 nitrogen and oxygen atoms in total. The van der Waals surface area contributed by atoms with E-state index < -0.39 is 0 Å². The van der Waals surface area contributed by atoms with Crippen LogP contribution in [-0.4, -0.2) is 26.4 Å². The van der Waals surface area contributed by atoms with Gasteiger partial charge in [0.1, 0.15) is 0 Å². The van der Waals surface area contributed by atoms with Crippen molar-refractivity contribution in [3.8, 4) is 0 Å². The Kier molecular flexibility index (Phi) is 3.29. The van der Waals surface area contributed by atoms with Crippen molar-refractivity contribution in [3.63, 3.8) is 0 Å². The van der Waals surface area contributed by atoms with E-state index in [1.807, 2.05) is 0 Å². The zero-order valence-corrected chi connectivity index (χ0v) is 8.17. The summed E-state index contributed by atoms with van der Waals surface area (Å²) >= 11 is 0. The van der Waals surface area contributed by atoms with Crippen LogP contribution >= 0.6 is 0 Å². The molecule has 0 aromatic rings. The van der Waals surface area contributed by atoms with Gasteiger partial charge in [-0.3, -0.25) is 0 Å². The van der Waals surface area contributed by atoms with Crippen LogP contribution in [0.4, 0.5) is 0 Å². The van der Waals surface area contributed by atoms with Crippen molar-refractivity contribution >= 4 is 0 Å². The van der Waals surface area contributed by atoms with Crippen LogP contribution in [0.15, 0.2) is 12.2 Å². The third kappa shape index (κ3) is 1.54. The summed E-state index contributed by atoms with van der Waals surface area (Å²) in [6.45, 7) is 5.81. The Morgan fingerprint density at radius 3 is 2.75 bits per heavy atom. The van der Waals surface area contributed by atoms with Gasteiger partial charge in [-0.2, -0.15) is 0 Å². The summed E-state index contributed by atoms with van der Waals surface area (Å²) in [4.78, 5) is 0. The first-order chi connectivity index (χ1) is 5.79. The molecule has 1 aliphatic heterocycles. The molecule has 1 saturated heterocycles. The maximum Gasteiger partial charge on any atom is 0.0921 e. The maximum absolute atomic E-state index is 5.45. The van der Waals surface area contributed by atoms with Gasteiger partial charge in [0.15, 0.2) is 0 Å². The van der Waals surface area contributed by atoms with E-state index in [0.717, 1.165) is 13.0 Å². The Labute approximate surface area is 74.6 Å². The van der Waals surface area contributed by atoms with Gasteiger partial charge in [-0.25, -0.2) is 0 Å². The van der Waals surface area contributed by atoms with Gasteiger partial charge >= 0.3 is 0 Å². The van der Waals surface area contributed by atoms with E-state index in [4.69, 9.17) is 9.47 Å². The third-order valence-electron chi connectivity index (χ3n) is 2.67. The third-order valence-corrected chi connectivity index (χ3v) is 2.67. The molecule has 1 rings (SSSR count). The minimum atomic E-state index is 0.255. The van der Waals surface area contributed by atoms with Crippen molar-refractivity contribution in [2.45, 2.75) is 26.4 Å². The maximum atomic E-state index is 5.45. The molecule has 2 atom stereocenters. The quantitative estimate of drug-likeness (QED) is 0.601. The van der Waals surface area contributed by atoms with Crippen LogP contribution in [-0.2, 0) is 9.47 Å². The Hall–Kier alpha value is -0.340. The summed E-state index contributed by atoms with van der Waals surface area (Å²) in [5.41, 5.74) is 0.255. The lowest BCUT2D eigenvalue weighted by molar-refractivity contribution is -0.183. The van der Waals surface area contributed by atoms with E-state index in [0.29, 0.717) is 6.61 Å².